The number of carbonyl (C=O) groups excluding carboxylic acids is 1. The largest absolute Gasteiger partial charge is 0.480 e. The first-order chi connectivity index (χ1) is 15.4. The predicted octanol–water partition coefficient (Wildman–Crippen LogP) is 3.41. The monoisotopic (exact) mass is 539 g/mol. The van der Waals surface area contributed by atoms with Gasteiger partial charge in [-0.05, 0) is 37.6 Å². The standard InChI is InChI=1S/C15H19N2O2.C2F6NO4S2/c1-3-9-16-10-11-17(12-16)14-7-5-13(6-8-14)15(18)19-4-2;3-1(4,5)14(10,11)9-15(12,13)2(6,7)8/h5-8,10-12H,3-4,9H2,1-2H3;/q+1;-1. The van der Waals surface area contributed by atoms with E-state index in [1.165, 1.54) is 0 Å². The smallest absolute Gasteiger partial charge is 0.462 e. The highest BCUT2D eigenvalue weighted by Gasteiger charge is 2.46. The molecule has 0 aliphatic rings. The van der Waals surface area contributed by atoms with E-state index in [9.17, 15) is 48.0 Å². The number of alkyl halides is 6. The average Bonchev–Trinajstić information content (AvgIpc) is 3.15. The number of halogens is 6. The molecule has 0 radical (unpaired) electrons. The molecule has 9 nitrogen and oxygen atoms in total. The molecule has 2 rings (SSSR count). The molecule has 1 aromatic carbocycles. The van der Waals surface area contributed by atoms with Crippen molar-refractivity contribution in [2.45, 2.75) is 37.8 Å². The van der Waals surface area contributed by atoms with Crippen LogP contribution in [0.25, 0.3) is 9.81 Å². The molecule has 2 aromatic rings. The highest BCUT2D eigenvalue weighted by Crippen LogP contribution is 2.36. The van der Waals surface area contributed by atoms with Crippen LogP contribution in [-0.2, 0) is 31.3 Å². The number of aryl methyl sites for hydroxylation is 1. The van der Waals surface area contributed by atoms with Crippen LogP contribution >= 0.6 is 0 Å². The lowest BCUT2D eigenvalue weighted by Gasteiger charge is -2.22. The number of benzene rings is 1. The summed E-state index contributed by atoms with van der Waals surface area (Å²) >= 11 is 0. The summed E-state index contributed by atoms with van der Waals surface area (Å²) in [6.45, 7) is 5.36. The second-order valence-electron chi connectivity index (χ2n) is 6.24. The minimum Gasteiger partial charge on any atom is -0.462 e. The third-order valence-corrected chi connectivity index (χ3v) is 6.37. The van der Waals surface area contributed by atoms with E-state index >= 15 is 0 Å². The van der Waals surface area contributed by atoms with Crippen LogP contribution in [0.2, 0.25) is 0 Å². The molecule has 0 spiro atoms. The van der Waals surface area contributed by atoms with Gasteiger partial charge >= 0.3 is 17.0 Å². The summed E-state index contributed by atoms with van der Waals surface area (Å²) < 4.78 is 118. The van der Waals surface area contributed by atoms with Gasteiger partial charge in [0.1, 0.15) is 18.1 Å². The minimum absolute atomic E-state index is 0.275. The fraction of sp³-hybridized carbons (Fsp3) is 0.412. The molecule has 0 aliphatic heterocycles. The highest BCUT2D eigenvalue weighted by atomic mass is 32.3. The van der Waals surface area contributed by atoms with Gasteiger partial charge in [0.2, 0.25) is 6.33 Å². The van der Waals surface area contributed by atoms with Gasteiger partial charge in [-0.3, -0.25) is 0 Å². The maximum Gasteiger partial charge on any atom is 0.480 e. The lowest BCUT2D eigenvalue weighted by molar-refractivity contribution is -0.696. The van der Waals surface area contributed by atoms with E-state index in [2.05, 4.69) is 11.5 Å². The van der Waals surface area contributed by atoms with Crippen LogP contribution in [0.3, 0.4) is 0 Å². The fourth-order valence-corrected chi connectivity index (χ4v) is 3.84. The van der Waals surface area contributed by atoms with Gasteiger partial charge in [0.05, 0.1) is 18.7 Å². The minimum atomic E-state index is -6.72. The molecule has 0 atom stereocenters. The van der Waals surface area contributed by atoms with Crippen LogP contribution in [0.1, 0.15) is 30.6 Å². The predicted molar refractivity (Wildman–Crippen MR) is 106 cm³/mol. The Hall–Kier alpha value is -2.66. The molecular weight excluding hydrogens is 520 g/mol. The van der Waals surface area contributed by atoms with Gasteiger partial charge in [0.15, 0.2) is 20.0 Å². The van der Waals surface area contributed by atoms with E-state index in [4.69, 9.17) is 4.74 Å². The Kier molecular flexibility index (Phi) is 9.66. The molecule has 1 heterocycles. The molecule has 0 saturated heterocycles. The molecule has 0 fully saturated rings. The Labute approximate surface area is 191 Å². The molecule has 0 amide bonds. The first-order valence-corrected chi connectivity index (χ1v) is 12.0. The van der Waals surface area contributed by atoms with Crippen molar-refractivity contribution in [3.05, 3.63) is 52.7 Å². The van der Waals surface area contributed by atoms with Gasteiger partial charge in [-0.2, -0.15) is 26.3 Å². The highest BCUT2D eigenvalue weighted by molar-refractivity contribution is 8.13. The number of sulfonamides is 2. The molecule has 0 aliphatic carbocycles. The van der Waals surface area contributed by atoms with Crippen molar-refractivity contribution in [1.29, 1.82) is 0 Å². The zero-order valence-electron chi connectivity index (χ0n) is 17.5. The number of imidazole rings is 1. The van der Waals surface area contributed by atoms with Crippen molar-refractivity contribution < 1.29 is 57.3 Å². The molecule has 17 heteroatoms. The third kappa shape index (κ3) is 7.98. The Balaban J connectivity index is 0.000000352. The van der Waals surface area contributed by atoms with E-state index in [0.717, 1.165) is 22.8 Å². The van der Waals surface area contributed by atoms with E-state index in [1.807, 2.05) is 35.4 Å². The van der Waals surface area contributed by atoms with Gasteiger partial charge in [0, 0.05) is 0 Å². The van der Waals surface area contributed by atoms with Crippen LogP contribution in [0.5, 0.6) is 0 Å². The second-order valence-corrected chi connectivity index (χ2v) is 9.66. The summed E-state index contributed by atoms with van der Waals surface area (Å²) in [4.78, 5) is 11.5. The summed E-state index contributed by atoms with van der Waals surface area (Å²) in [5.41, 5.74) is -10.8. The zero-order chi connectivity index (χ0) is 26.4. The van der Waals surface area contributed by atoms with Crippen molar-refractivity contribution in [2.75, 3.05) is 6.61 Å². The van der Waals surface area contributed by atoms with Crippen molar-refractivity contribution >= 4 is 26.0 Å². The van der Waals surface area contributed by atoms with Crippen molar-refractivity contribution in [3.63, 3.8) is 0 Å². The third-order valence-electron chi connectivity index (χ3n) is 3.63. The Morgan fingerprint density at radius 2 is 1.47 bits per heavy atom. The lowest BCUT2D eigenvalue weighted by atomic mass is 10.2. The summed E-state index contributed by atoms with van der Waals surface area (Å²) in [5.74, 6) is -0.275. The molecule has 0 saturated carbocycles. The molecule has 0 bridgehead atoms. The Morgan fingerprint density at radius 3 is 1.88 bits per heavy atom. The average molecular weight is 539 g/mol. The van der Waals surface area contributed by atoms with Crippen molar-refractivity contribution in [2.24, 2.45) is 0 Å². The van der Waals surface area contributed by atoms with Gasteiger partial charge in [-0.1, -0.05) is 6.92 Å². The van der Waals surface area contributed by atoms with E-state index < -0.39 is 31.1 Å². The first kappa shape index (κ1) is 29.4. The number of nitrogens with zero attached hydrogens (tertiary/aromatic N) is 3. The number of hydrogen-bond acceptors (Lipinski definition) is 6. The molecule has 0 N–H and O–H groups in total. The summed E-state index contributed by atoms with van der Waals surface area (Å²) in [6, 6.07) is 7.42. The molecular formula is C17H19F6N3O6S2. The fourth-order valence-electron chi connectivity index (χ4n) is 2.14. The number of ether oxygens (including phenoxy) is 1. The number of rotatable bonds is 7. The van der Waals surface area contributed by atoms with Crippen LogP contribution in [-0.4, -0.2) is 45.0 Å². The second kappa shape index (κ2) is 11.2. The maximum atomic E-state index is 11.5. The number of carbonyl (C=O) groups is 1. The summed E-state index contributed by atoms with van der Waals surface area (Å²) in [5, 5.41) is 0. The normalized spacial score (nSPS) is 12.6. The van der Waals surface area contributed by atoms with E-state index in [1.54, 1.807) is 19.1 Å². The molecule has 1 aromatic heterocycles. The lowest BCUT2D eigenvalue weighted by Crippen LogP contribution is -2.30. The molecule has 34 heavy (non-hydrogen) atoms. The van der Waals surface area contributed by atoms with E-state index in [-0.39, 0.29) is 5.97 Å². The van der Waals surface area contributed by atoms with Crippen LogP contribution in [0.15, 0.2) is 43.0 Å². The van der Waals surface area contributed by atoms with Gasteiger partial charge in [-0.15, -0.1) is 0 Å². The maximum absolute atomic E-state index is 11.5. The topological polar surface area (TPSA) is 117 Å². The van der Waals surface area contributed by atoms with Crippen LogP contribution in [0.4, 0.5) is 26.3 Å². The SMILES string of the molecule is CCC[n+]1ccn(-c2ccc(C(=O)OCC)cc2)c1.O=S(=O)([N-]S(=O)(=O)C(F)(F)F)C(F)(F)F. The number of aromatic nitrogens is 2. The zero-order valence-corrected chi connectivity index (χ0v) is 19.2. The summed E-state index contributed by atoms with van der Waals surface area (Å²) in [7, 11) is -13.4. The Morgan fingerprint density at radius 1 is 0.971 bits per heavy atom. The van der Waals surface area contributed by atoms with E-state index in [0.29, 0.717) is 12.2 Å². The Bertz CT molecular complexity index is 1130. The van der Waals surface area contributed by atoms with Crippen LogP contribution < -0.4 is 4.57 Å². The number of hydrogen-bond donors (Lipinski definition) is 0. The molecule has 0 unspecified atom stereocenters. The first-order valence-electron chi connectivity index (χ1n) is 9.16. The van der Waals surface area contributed by atoms with Gasteiger partial charge in [0.25, 0.3) is 0 Å². The summed E-state index contributed by atoms with van der Waals surface area (Å²) in [6.07, 6.45) is 7.21. The quantitative estimate of drug-likeness (QED) is 0.302. The van der Waals surface area contributed by atoms with Crippen molar-refractivity contribution in [1.82, 2.24) is 4.57 Å². The number of esters is 1. The van der Waals surface area contributed by atoms with Crippen molar-refractivity contribution in [3.8, 4) is 5.69 Å². The van der Waals surface area contributed by atoms with Gasteiger partial charge < -0.3 is 8.86 Å². The molecule has 192 valence electrons. The van der Waals surface area contributed by atoms with Crippen LogP contribution in [0, 0.1) is 0 Å². The van der Waals surface area contributed by atoms with Gasteiger partial charge in [-0.25, -0.2) is 30.8 Å².